The van der Waals surface area contributed by atoms with Crippen LogP contribution in [-0.2, 0) is 16.6 Å². The normalized spacial score (nSPS) is 11.5. The quantitative estimate of drug-likeness (QED) is 0.612. The number of nitro benzene ring substituents is 1. The van der Waals surface area contributed by atoms with Gasteiger partial charge in [0.15, 0.2) is 0 Å². The molecule has 0 amide bonds. The first-order chi connectivity index (χ1) is 11.9. The maximum atomic E-state index is 11.4. The fourth-order valence-electron chi connectivity index (χ4n) is 3.02. The summed E-state index contributed by atoms with van der Waals surface area (Å²) in [7, 11) is -4.00. The Balaban J connectivity index is 2.44. The van der Waals surface area contributed by atoms with Crippen LogP contribution in [0.15, 0.2) is 23.1 Å². The third kappa shape index (κ3) is 3.71. The molecule has 0 atom stereocenters. The molecule has 0 bridgehead atoms. The second kappa shape index (κ2) is 7.05. The van der Waals surface area contributed by atoms with E-state index in [1.165, 1.54) is 28.8 Å². The van der Waals surface area contributed by atoms with E-state index in [0.717, 1.165) is 22.8 Å². The highest BCUT2D eigenvalue weighted by molar-refractivity contribution is 7.89. The Kier molecular flexibility index (Phi) is 5.39. The molecule has 0 aliphatic heterocycles. The van der Waals surface area contributed by atoms with E-state index in [4.69, 9.17) is 5.14 Å². The van der Waals surface area contributed by atoms with E-state index in [1.54, 1.807) is 0 Å². The van der Waals surface area contributed by atoms with Crippen molar-refractivity contribution in [1.82, 2.24) is 0 Å². The second-order valence-electron chi connectivity index (χ2n) is 6.44. The van der Waals surface area contributed by atoms with Crippen molar-refractivity contribution >= 4 is 21.4 Å². The summed E-state index contributed by atoms with van der Waals surface area (Å²) in [4.78, 5) is 10.4. The van der Waals surface area contributed by atoms with Gasteiger partial charge in [-0.15, -0.1) is 0 Å². The standard InChI is InChI=1S/C18H23N3O4S/c1-10-11(2)13(4)16(14(5)12(10)3)9-20-17-7-6-15(26(19,24)25)8-18(17)21(22)23/h6-8,20H,9H2,1-5H3,(H2,19,24,25). The Labute approximate surface area is 153 Å². The van der Waals surface area contributed by atoms with Crippen LogP contribution in [0.25, 0.3) is 0 Å². The highest BCUT2D eigenvalue weighted by atomic mass is 32.2. The topological polar surface area (TPSA) is 115 Å². The van der Waals surface area contributed by atoms with Gasteiger partial charge in [-0.25, -0.2) is 13.6 Å². The van der Waals surface area contributed by atoms with Crippen molar-refractivity contribution in [2.45, 2.75) is 46.1 Å². The van der Waals surface area contributed by atoms with Crippen molar-refractivity contribution in [1.29, 1.82) is 0 Å². The molecule has 0 aromatic heterocycles. The molecule has 140 valence electrons. The molecule has 0 saturated carbocycles. The third-order valence-electron chi connectivity index (χ3n) is 5.11. The average molecular weight is 377 g/mol. The molecular weight excluding hydrogens is 354 g/mol. The highest BCUT2D eigenvalue weighted by Crippen LogP contribution is 2.30. The molecule has 0 unspecified atom stereocenters. The number of nitrogens with zero attached hydrogens (tertiary/aromatic N) is 1. The van der Waals surface area contributed by atoms with Gasteiger partial charge in [0.05, 0.1) is 9.82 Å². The van der Waals surface area contributed by atoms with Gasteiger partial charge in [-0.1, -0.05) is 0 Å². The van der Waals surface area contributed by atoms with Crippen LogP contribution < -0.4 is 10.5 Å². The molecule has 2 aromatic carbocycles. The summed E-state index contributed by atoms with van der Waals surface area (Å²) in [5.74, 6) is 0. The largest absolute Gasteiger partial charge is 0.375 e. The van der Waals surface area contributed by atoms with Gasteiger partial charge in [0.1, 0.15) is 5.69 Å². The Bertz CT molecular complexity index is 969. The van der Waals surface area contributed by atoms with E-state index in [1.807, 2.05) is 13.8 Å². The average Bonchev–Trinajstić information content (AvgIpc) is 2.57. The molecular formula is C18H23N3O4S. The van der Waals surface area contributed by atoms with Crippen LogP contribution in [0, 0.1) is 44.7 Å². The van der Waals surface area contributed by atoms with Crippen LogP contribution in [0.5, 0.6) is 0 Å². The summed E-state index contributed by atoms with van der Waals surface area (Å²) in [6, 6.07) is 3.61. The number of benzene rings is 2. The van der Waals surface area contributed by atoms with Crippen LogP contribution >= 0.6 is 0 Å². The van der Waals surface area contributed by atoms with Gasteiger partial charge in [0.2, 0.25) is 10.0 Å². The zero-order valence-corrected chi connectivity index (χ0v) is 16.3. The molecule has 0 aliphatic carbocycles. The lowest BCUT2D eigenvalue weighted by Crippen LogP contribution is -2.13. The summed E-state index contributed by atoms with van der Waals surface area (Å²) in [5, 5.41) is 19.5. The number of nitrogens with two attached hydrogens (primary N) is 1. The molecule has 0 heterocycles. The number of primary sulfonamides is 1. The number of anilines is 1. The SMILES string of the molecule is Cc1c(C)c(C)c(CNc2ccc(S(N)(=O)=O)cc2[N+](=O)[O-])c(C)c1C. The fraction of sp³-hybridized carbons (Fsp3) is 0.333. The summed E-state index contributed by atoms with van der Waals surface area (Å²) < 4.78 is 22.9. The van der Waals surface area contributed by atoms with Crippen molar-refractivity contribution < 1.29 is 13.3 Å². The van der Waals surface area contributed by atoms with Gasteiger partial charge < -0.3 is 5.32 Å². The first-order valence-corrected chi connectivity index (χ1v) is 9.60. The lowest BCUT2D eigenvalue weighted by Gasteiger charge is -2.19. The van der Waals surface area contributed by atoms with E-state index >= 15 is 0 Å². The number of nitrogens with one attached hydrogen (secondary N) is 1. The Hall–Kier alpha value is -2.45. The van der Waals surface area contributed by atoms with Crippen LogP contribution in [-0.4, -0.2) is 13.3 Å². The van der Waals surface area contributed by atoms with Crippen molar-refractivity contribution in [2.24, 2.45) is 5.14 Å². The maximum Gasteiger partial charge on any atom is 0.293 e. The van der Waals surface area contributed by atoms with Crippen LogP contribution in [0.2, 0.25) is 0 Å². The molecule has 7 nitrogen and oxygen atoms in total. The lowest BCUT2D eigenvalue weighted by molar-refractivity contribution is -0.384. The smallest absolute Gasteiger partial charge is 0.293 e. The van der Waals surface area contributed by atoms with Crippen molar-refractivity contribution in [3.8, 4) is 0 Å². The minimum absolute atomic E-state index is 0.247. The van der Waals surface area contributed by atoms with Crippen molar-refractivity contribution in [3.63, 3.8) is 0 Å². The van der Waals surface area contributed by atoms with Crippen LogP contribution in [0.4, 0.5) is 11.4 Å². The van der Waals surface area contributed by atoms with E-state index in [-0.39, 0.29) is 16.3 Å². The summed E-state index contributed by atoms with van der Waals surface area (Å²) in [5.41, 5.74) is 6.92. The molecule has 2 aromatic rings. The third-order valence-corrected chi connectivity index (χ3v) is 6.02. The molecule has 8 heteroatoms. The van der Waals surface area contributed by atoms with E-state index in [0.29, 0.717) is 6.54 Å². The minimum Gasteiger partial charge on any atom is -0.375 e. The Morgan fingerprint density at radius 1 is 1.00 bits per heavy atom. The molecule has 3 N–H and O–H groups in total. The van der Waals surface area contributed by atoms with Crippen molar-refractivity contribution in [3.05, 3.63) is 61.7 Å². The summed E-state index contributed by atoms with van der Waals surface area (Å²) in [6.45, 7) is 10.7. The first-order valence-electron chi connectivity index (χ1n) is 8.06. The number of hydrogen-bond acceptors (Lipinski definition) is 5. The van der Waals surface area contributed by atoms with E-state index < -0.39 is 14.9 Å². The Morgan fingerprint density at radius 3 is 1.96 bits per heavy atom. The molecule has 26 heavy (non-hydrogen) atoms. The van der Waals surface area contributed by atoms with Crippen LogP contribution in [0.1, 0.15) is 33.4 Å². The molecule has 0 aliphatic rings. The summed E-state index contributed by atoms with van der Waals surface area (Å²) in [6.07, 6.45) is 0. The molecule has 2 rings (SSSR count). The predicted molar refractivity (Wildman–Crippen MR) is 102 cm³/mol. The van der Waals surface area contributed by atoms with Gasteiger partial charge in [-0.2, -0.15) is 0 Å². The predicted octanol–water partition coefficient (Wildman–Crippen LogP) is 3.40. The minimum atomic E-state index is -4.00. The van der Waals surface area contributed by atoms with E-state index in [9.17, 15) is 18.5 Å². The fourth-order valence-corrected chi connectivity index (χ4v) is 3.55. The molecule has 0 spiro atoms. The molecule has 0 saturated heterocycles. The van der Waals surface area contributed by atoms with Gasteiger partial charge in [0, 0.05) is 12.6 Å². The van der Waals surface area contributed by atoms with Crippen molar-refractivity contribution in [2.75, 3.05) is 5.32 Å². The van der Waals surface area contributed by atoms with Gasteiger partial charge >= 0.3 is 0 Å². The number of nitro groups is 1. The van der Waals surface area contributed by atoms with Gasteiger partial charge in [0.25, 0.3) is 5.69 Å². The zero-order chi connectivity index (χ0) is 19.8. The number of hydrogen-bond donors (Lipinski definition) is 2. The second-order valence-corrected chi connectivity index (χ2v) is 8.00. The lowest BCUT2D eigenvalue weighted by atomic mass is 9.89. The molecule has 0 fully saturated rings. The van der Waals surface area contributed by atoms with Crippen LogP contribution in [0.3, 0.4) is 0 Å². The first kappa shape index (κ1) is 19.9. The molecule has 0 radical (unpaired) electrons. The number of rotatable bonds is 5. The van der Waals surface area contributed by atoms with Gasteiger partial charge in [-0.3, -0.25) is 10.1 Å². The number of sulfonamides is 1. The highest BCUT2D eigenvalue weighted by Gasteiger charge is 2.20. The van der Waals surface area contributed by atoms with E-state index in [2.05, 4.69) is 26.1 Å². The monoisotopic (exact) mass is 377 g/mol. The summed E-state index contributed by atoms with van der Waals surface area (Å²) >= 11 is 0. The Morgan fingerprint density at radius 2 is 1.50 bits per heavy atom. The maximum absolute atomic E-state index is 11.4. The van der Waals surface area contributed by atoms with Gasteiger partial charge in [-0.05, 0) is 80.1 Å². The zero-order valence-electron chi connectivity index (χ0n) is 15.5.